The van der Waals surface area contributed by atoms with Crippen LogP contribution in [0.15, 0.2) is 36.7 Å². The predicted molar refractivity (Wildman–Crippen MR) is 87.2 cm³/mol. The fourth-order valence-corrected chi connectivity index (χ4v) is 3.51. The predicted octanol–water partition coefficient (Wildman–Crippen LogP) is 3.83. The van der Waals surface area contributed by atoms with E-state index >= 15 is 0 Å². The molecule has 0 aliphatic rings. The van der Waals surface area contributed by atoms with Crippen LogP contribution in [-0.4, -0.2) is 9.55 Å². The summed E-state index contributed by atoms with van der Waals surface area (Å²) >= 11 is 12.7. The molecule has 106 valence electrons. The molecule has 0 aliphatic heterocycles. The molecule has 0 atom stereocenters. The third-order valence-corrected chi connectivity index (χ3v) is 4.24. The van der Waals surface area contributed by atoms with E-state index in [1.165, 1.54) is 0 Å². The van der Waals surface area contributed by atoms with Crippen LogP contribution in [0.2, 0.25) is 5.15 Å². The van der Waals surface area contributed by atoms with Crippen LogP contribution < -0.4 is 11.2 Å². The molecule has 1 heterocycles. The number of nitrogens with zero attached hydrogens (tertiary/aromatic N) is 1. The molecule has 0 amide bonds. The van der Waals surface area contributed by atoms with Gasteiger partial charge >= 0.3 is 5.69 Å². The minimum absolute atomic E-state index is 0.0904. The Bertz CT molecular complexity index is 781. The van der Waals surface area contributed by atoms with Crippen LogP contribution in [0.5, 0.6) is 0 Å². The SMILES string of the molecule is CC(C)c1c(Cl)[nH]c(=O)n(-c2ccc(Br)cc2Br)c1=O. The second-order valence-corrected chi connectivity index (χ2v) is 6.70. The van der Waals surface area contributed by atoms with Crippen molar-refractivity contribution in [3.05, 3.63) is 58.7 Å². The van der Waals surface area contributed by atoms with E-state index in [4.69, 9.17) is 11.6 Å². The van der Waals surface area contributed by atoms with Gasteiger partial charge in [-0.3, -0.25) is 9.78 Å². The van der Waals surface area contributed by atoms with E-state index in [-0.39, 0.29) is 11.1 Å². The van der Waals surface area contributed by atoms with Gasteiger partial charge in [0.05, 0.1) is 11.3 Å². The quantitative estimate of drug-likeness (QED) is 0.748. The van der Waals surface area contributed by atoms with Gasteiger partial charge in [0.15, 0.2) is 0 Å². The summed E-state index contributed by atoms with van der Waals surface area (Å²) in [5.41, 5.74) is -0.108. The lowest BCUT2D eigenvalue weighted by molar-refractivity contribution is 0.776. The van der Waals surface area contributed by atoms with E-state index in [9.17, 15) is 9.59 Å². The second kappa shape index (κ2) is 5.87. The fourth-order valence-electron chi connectivity index (χ4n) is 1.91. The molecule has 1 aromatic heterocycles. The highest BCUT2D eigenvalue weighted by molar-refractivity contribution is 9.11. The summed E-state index contributed by atoms with van der Waals surface area (Å²) in [4.78, 5) is 27.1. The molecule has 0 spiro atoms. The van der Waals surface area contributed by atoms with Crippen molar-refractivity contribution < 1.29 is 0 Å². The van der Waals surface area contributed by atoms with Gasteiger partial charge in [-0.25, -0.2) is 9.36 Å². The molecule has 0 unspecified atom stereocenters. The van der Waals surface area contributed by atoms with Crippen molar-refractivity contribution in [1.29, 1.82) is 0 Å². The first-order valence-corrected chi connectivity index (χ1v) is 7.79. The maximum absolute atomic E-state index is 12.5. The van der Waals surface area contributed by atoms with Gasteiger partial charge in [0.1, 0.15) is 5.15 Å². The summed E-state index contributed by atoms with van der Waals surface area (Å²) in [6, 6.07) is 5.21. The molecule has 2 rings (SSSR count). The monoisotopic (exact) mass is 420 g/mol. The number of aromatic nitrogens is 2. The summed E-state index contributed by atoms with van der Waals surface area (Å²) in [6.07, 6.45) is 0. The lowest BCUT2D eigenvalue weighted by atomic mass is 10.1. The zero-order valence-electron chi connectivity index (χ0n) is 10.7. The Hall–Kier alpha value is -0.850. The second-order valence-electron chi connectivity index (χ2n) is 4.55. The molecule has 0 fully saturated rings. The molecule has 4 nitrogen and oxygen atoms in total. The van der Waals surface area contributed by atoms with Gasteiger partial charge in [-0.15, -0.1) is 0 Å². The highest BCUT2D eigenvalue weighted by atomic mass is 79.9. The maximum atomic E-state index is 12.5. The third-order valence-electron chi connectivity index (χ3n) is 2.82. The van der Waals surface area contributed by atoms with Crippen LogP contribution in [0.1, 0.15) is 25.3 Å². The van der Waals surface area contributed by atoms with Gasteiger partial charge < -0.3 is 0 Å². The number of rotatable bonds is 2. The maximum Gasteiger partial charge on any atom is 0.334 e. The third kappa shape index (κ3) is 2.77. The van der Waals surface area contributed by atoms with Gasteiger partial charge in [0.2, 0.25) is 0 Å². The van der Waals surface area contributed by atoms with Crippen LogP contribution in [0, 0.1) is 0 Å². The summed E-state index contributed by atoms with van der Waals surface area (Å²) in [7, 11) is 0. The number of nitrogens with one attached hydrogen (secondary N) is 1. The topological polar surface area (TPSA) is 54.9 Å². The average Bonchev–Trinajstić information content (AvgIpc) is 2.30. The Balaban J connectivity index is 2.85. The van der Waals surface area contributed by atoms with Gasteiger partial charge in [0.25, 0.3) is 5.56 Å². The normalized spacial score (nSPS) is 11.1. The molecular weight excluding hydrogens is 411 g/mol. The zero-order valence-corrected chi connectivity index (χ0v) is 14.6. The van der Waals surface area contributed by atoms with Crippen LogP contribution in [-0.2, 0) is 0 Å². The standard InChI is InChI=1S/C13H11Br2ClN2O2/c1-6(2)10-11(16)17-13(20)18(12(10)19)9-4-3-7(14)5-8(9)15/h3-6H,1-2H3,(H,17,20). The van der Waals surface area contributed by atoms with Gasteiger partial charge in [-0.1, -0.05) is 41.4 Å². The van der Waals surface area contributed by atoms with Crippen LogP contribution >= 0.6 is 43.5 Å². The van der Waals surface area contributed by atoms with E-state index in [0.717, 1.165) is 9.04 Å². The minimum Gasteiger partial charge on any atom is -0.297 e. The van der Waals surface area contributed by atoms with E-state index in [2.05, 4.69) is 36.8 Å². The van der Waals surface area contributed by atoms with Crippen molar-refractivity contribution in [1.82, 2.24) is 9.55 Å². The van der Waals surface area contributed by atoms with Crippen molar-refractivity contribution in [2.24, 2.45) is 0 Å². The Labute approximate surface area is 137 Å². The first-order chi connectivity index (χ1) is 9.32. The molecule has 1 N–H and O–H groups in total. The van der Waals surface area contributed by atoms with Crippen LogP contribution in [0.25, 0.3) is 5.69 Å². The molecule has 0 saturated heterocycles. The molecule has 0 aliphatic carbocycles. The summed E-state index contributed by atoms with van der Waals surface area (Å²) < 4.78 is 2.56. The van der Waals surface area contributed by atoms with Crippen molar-refractivity contribution in [3.63, 3.8) is 0 Å². The van der Waals surface area contributed by atoms with Crippen molar-refractivity contribution >= 4 is 43.5 Å². The van der Waals surface area contributed by atoms with Crippen molar-refractivity contribution in [2.45, 2.75) is 19.8 Å². The van der Waals surface area contributed by atoms with Crippen molar-refractivity contribution in [3.8, 4) is 5.69 Å². The lowest BCUT2D eigenvalue weighted by Crippen LogP contribution is -2.36. The Morgan fingerprint density at radius 2 is 1.90 bits per heavy atom. The first kappa shape index (κ1) is 15.5. The molecule has 20 heavy (non-hydrogen) atoms. The first-order valence-electron chi connectivity index (χ1n) is 5.83. The fraction of sp³-hybridized carbons (Fsp3) is 0.231. The van der Waals surface area contributed by atoms with E-state index in [1.54, 1.807) is 18.2 Å². The largest absolute Gasteiger partial charge is 0.334 e. The summed E-state index contributed by atoms with van der Waals surface area (Å²) in [6.45, 7) is 3.70. The van der Waals surface area contributed by atoms with Gasteiger partial charge in [-0.05, 0) is 40.0 Å². The molecular formula is C13H11Br2ClN2O2. The van der Waals surface area contributed by atoms with Crippen molar-refractivity contribution in [2.75, 3.05) is 0 Å². The molecule has 0 saturated carbocycles. The summed E-state index contributed by atoms with van der Waals surface area (Å²) in [5.74, 6) is -0.0904. The molecule has 0 radical (unpaired) electrons. The van der Waals surface area contributed by atoms with Crippen LogP contribution in [0.4, 0.5) is 0 Å². The number of benzene rings is 1. The van der Waals surface area contributed by atoms with E-state index in [0.29, 0.717) is 15.7 Å². The highest BCUT2D eigenvalue weighted by Crippen LogP contribution is 2.24. The average molecular weight is 423 g/mol. The molecule has 7 heteroatoms. The number of hydrogen-bond acceptors (Lipinski definition) is 2. The van der Waals surface area contributed by atoms with Crippen LogP contribution in [0.3, 0.4) is 0 Å². The number of aromatic amines is 1. The molecule has 2 aromatic rings. The Morgan fingerprint density at radius 1 is 1.25 bits per heavy atom. The van der Waals surface area contributed by atoms with E-state index in [1.807, 2.05) is 13.8 Å². The van der Waals surface area contributed by atoms with Gasteiger partial charge in [0, 0.05) is 8.95 Å². The summed E-state index contributed by atoms with van der Waals surface area (Å²) in [5, 5.41) is 0.0967. The minimum atomic E-state index is -0.563. The Morgan fingerprint density at radius 3 is 2.45 bits per heavy atom. The highest BCUT2D eigenvalue weighted by Gasteiger charge is 2.18. The Kier molecular flexibility index (Phi) is 4.56. The number of hydrogen-bond donors (Lipinski definition) is 1. The number of halogens is 3. The lowest BCUT2D eigenvalue weighted by Gasteiger charge is -2.12. The molecule has 1 aromatic carbocycles. The zero-order chi connectivity index (χ0) is 15.0. The number of H-pyrrole nitrogens is 1. The van der Waals surface area contributed by atoms with E-state index < -0.39 is 11.2 Å². The smallest absolute Gasteiger partial charge is 0.297 e. The van der Waals surface area contributed by atoms with Gasteiger partial charge in [-0.2, -0.15) is 0 Å². The molecule has 0 bridgehead atoms.